The van der Waals surface area contributed by atoms with Gasteiger partial charge in [0.25, 0.3) is 5.91 Å². The third-order valence-corrected chi connectivity index (χ3v) is 4.88. The van der Waals surface area contributed by atoms with Crippen LogP contribution in [-0.2, 0) is 20.9 Å². The Morgan fingerprint density at radius 1 is 1.14 bits per heavy atom. The van der Waals surface area contributed by atoms with Crippen molar-refractivity contribution in [3.63, 3.8) is 0 Å². The van der Waals surface area contributed by atoms with Gasteiger partial charge < -0.3 is 14.4 Å². The maximum absolute atomic E-state index is 12.1. The number of pyridine rings is 1. The standard InChI is InChI=1S/C23H26N2O4/c1-18-11-14-25(15-12-18)22(26)17-29-23(27)10-7-19-5-8-21(9-6-19)28-16-20-4-2-3-13-24-20/h2-10,13,18H,11-12,14-17H2,1H3/b10-7+. The number of carbonyl (C=O) groups excluding carboxylic acids is 2. The smallest absolute Gasteiger partial charge is 0.331 e. The van der Waals surface area contributed by atoms with Crippen molar-refractivity contribution >= 4 is 18.0 Å². The highest BCUT2D eigenvalue weighted by atomic mass is 16.5. The van der Waals surface area contributed by atoms with Gasteiger partial charge in [-0.2, -0.15) is 0 Å². The van der Waals surface area contributed by atoms with Gasteiger partial charge in [0.15, 0.2) is 6.61 Å². The normalized spacial score (nSPS) is 14.7. The molecule has 0 atom stereocenters. The summed E-state index contributed by atoms with van der Waals surface area (Å²) in [5.74, 6) is 0.709. The van der Waals surface area contributed by atoms with Crippen molar-refractivity contribution in [2.24, 2.45) is 5.92 Å². The second-order valence-electron chi connectivity index (χ2n) is 7.18. The van der Waals surface area contributed by atoms with Crippen molar-refractivity contribution in [3.8, 4) is 5.75 Å². The fourth-order valence-corrected chi connectivity index (χ4v) is 3.01. The minimum Gasteiger partial charge on any atom is -0.487 e. The lowest BCUT2D eigenvalue weighted by molar-refractivity contribution is -0.148. The molecule has 1 aromatic heterocycles. The van der Waals surface area contributed by atoms with Crippen LogP contribution in [0.25, 0.3) is 6.08 Å². The van der Waals surface area contributed by atoms with Gasteiger partial charge in [0.2, 0.25) is 0 Å². The van der Waals surface area contributed by atoms with Crippen LogP contribution in [0.5, 0.6) is 5.75 Å². The lowest BCUT2D eigenvalue weighted by Gasteiger charge is -2.30. The minimum absolute atomic E-state index is 0.131. The van der Waals surface area contributed by atoms with Gasteiger partial charge in [0.1, 0.15) is 12.4 Å². The topological polar surface area (TPSA) is 68.7 Å². The molecule has 0 N–H and O–H groups in total. The maximum Gasteiger partial charge on any atom is 0.331 e. The van der Waals surface area contributed by atoms with E-state index in [0.717, 1.165) is 42.9 Å². The predicted octanol–water partition coefficient (Wildman–Crippen LogP) is 3.48. The molecule has 3 rings (SSSR count). The molecular weight excluding hydrogens is 368 g/mol. The first-order chi connectivity index (χ1) is 14.1. The van der Waals surface area contributed by atoms with E-state index in [1.807, 2.05) is 42.5 Å². The maximum atomic E-state index is 12.1. The third-order valence-electron chi connectivity index (χ3n) is 4.88. The zero-order valence-electron chi connectivity index (χ0n) is 16.6. The molecule has 6 nitrogen and oxygen atoms in total. The summed E-state index contributed by atoms with van der Waals surface area (Å²) in [7, 11) is 0. The van der Waals surface area contributed by atoms with Crippen molar-refractivity contribution in [1.29, 1.82) is 0 Å². The van der Waals surface area contributed by atoms with Gasteiger partial charge in [-0.05, 0) is 54.7 Å². The van der Waals surface area contributed by atoms with Crippen molar-refractivity contribution < 1.29 is 19.1 Å². The zero-order valence-corrected chi connectivity index (χ0v) is 16.6. The number of benzene rings is 1. The second kappa shape index (κ2) is 10.4. The Morgan fingerprint density at radius 2 is 1.90 bits per heavy atom. The van der Waals surface area contributed by atoms with Gasteiger partial charge >= 0.3 is 5.97 Å². The zero-order chi connectivity index (χ0) is 20.5. The number of rotatable bonds is 7. The average Bonchev–Trinajstić information content (AvgIpc) is 2.76. The van der Waals surface area contributed by atoms with Crippen LogP contribution in [0, 0.1) is 5.92 Å². The van der Waals surface area contributed by atoms with E-state index in [-0.39, 0.29) is 12.5 Å². The van der Waals surface area contributed by atoms with Gasteiger partial charge in [0.05, 0.1) is 5.69 Å². The molecule has 1 aliphatic rings. The van der Waals surface area contributed by atoms with Crippen LogP contribution in [0.2, 0.25) is 0 Å². The summed E-state index contributed by atoms with van der Waals surface area (Å²) in [5, 5.41) is 0. The number of hydrogen-bond donors (Lipinski definition) is 0. The van der Waals surface area contributed by atoms with Crippen molar-refractivity contribution in [1.82, 2.24) is 9.88 Å². The van der Waals surface area contributed by atoms with Gasteiger partial charge in [-0.15, -0.1) is 0 Å². The number of amides is 1. The first kappa shape index (κ1) is 20.6. The molecule has 29 heavy (non-hydrogen) atoms. The van der Waals surface area contributed by atoms with Crippen LogP contribution in [0.15, 0.2) is 54.7 Å². The molecule has 1 amide bonds. The Bertz CT molecular complexity index is 826. The largest absolute Gasteiger partial charge is 0.487 e. The molecule has 0 saturated carbocycles. The molecule has 2 heterocycles. The highest BCUT2D eigenvalue weighted by molar-refractivity contribution is 5.89. The van der Waals surface area contributed by atoms with E-state index in [9.17, 15) is 9.59 Å². The average molecular weight is 394 g/mol. The first-order valence-corrected chi connectivity index (χ1v) is 9.85. The summed E-state index contributed by atoms with van der Waals surface area (Å²) >= 11 is 0. The van der Waals surface area contributed by atoms with Crippen LogP contribution < -0.4 is 4.74 Å². The van der Waals surface area contributed by atoms with Crippen molar-refractivity contribution in [3.05, 3.63) is 66.0 Å². The molecule has 0 radical (unpaired) electrons. The number of carbonyl (C=O) groups is 2. The summed E-state index contributed by atoms with van der Waals surface area (Å²) in [5.41, 5.74) is 1.69. The number of aromatic nitrogens is 1. The van der Waals surface area contributed by atoms with Crippen LogP contribution >= 0.6 is 0 Å². The molecule has 1 fully saturated rings. The van der Waals surface area contributed by atoms with Crippen LogP contribution in [0.1, 0.15) is 31.0 Å². The van der Waals surface area contributed by atoms with Crippen molar-refractivity contribution in [2.45, 2.75) is 26.4 Å². The summed E-state index contributed by atoms with van der Waals surface area (Å²) in [4.78, 5) is 29.9. The number of piperidine rings is 1. The van der Waals surface area contributed by atoms with Gasteiger partial charge in [-0.25, -0.2) is 4.79 Å². The Hall–Kier alpha value is -3.15. The highest BCUT2D eigenvalue weighted by Gasteiger charge is 2.20. The van der Waals surface area contributed by atoms with Crippen LogP contribution in [0.3, 0.4) is 0 Å². The number of nitrogens with zero attached hydrogens (tertiary/aromatic N) is 2. The summed E-state index contributed by atoms with van der Waals surface area (Å²) in [6, 6.07) is 13.0. The van der Waals surface area contributed by atoms with Crippen LogP contribution in [0.4, 0.5) is 0 Å². The first-order valence-electron chi connectivity index (χ1n) is 9.85. The van der Waals surface area contributed by atoms with E-state index in [4.69, 9.17) is 9.47 Å². The lowest BCUT2D eigenvalue weighted by atomic mass is 9.99. The second-order valence-corrected chi connectivity index (χ2v) is 7.18. The molecule has 1 aliphatic heterocycles. The molecule has 0 spiro atoms. The molecule has 2 aromatic rings. The fraction of sp³-hybridized carbons (Fsp3) is 0.348. The Labute approximate surface area is 171 Å². The summed E-state index contributed by atoms with van der Waals surface area (Å²) in [6.07, 6.45) is 6.71. The quantitative estimate of drug-likeness (QED) is 0.531. The van der Waals surface area contributed by atoms with E-state index in [2.05, 4.69) is 11.9 Å². The van der Waals surface area contributed by atoms with Gasteiger partial charge in [-0.1, -0.05) is 25.1 Å². The Balaban J connectivity index is 1.41. The Kier molecular flexibility index (Phi) is 7.39. The van der Waals surface area contributed by atoms with Gasteiger partial charge in [0, 0.05) is 25.4 Å². The van der Waals surface area contributed by atoms with Crippen LogP contribution in [-0.4, -0.2) is 41.5 Å². The molecule has 0 bridgehead atoms. The summed E-state index contributed by atoms with van der Waals surface area (Å²) in [6.45, 7) is 3.85. The summed E-state index contributed by atoms with van der Waals surface area (Å²) < 4.78 is 10.7. The fourth-order valence-electron chi connectivity index (χ4n) is 3.01. The number of esters is 1. The van der Waals surface area contributed by atoms with E-state index in [1.54, 1.807) is 17.2 Å². The molecule has 6 heteroatoms. The number of likely N-dealkylation sites (tertiary alicyclic amines) is 1. The monoisotopic (exact) mass is 394 g/mol. The minimum atomic E-state index is -0.529. The lowest BCUT2D eigenvalue weighted by Crippen LogP contribution is -2.40. The molecule has 152 valence electrons. The highest BCUT2D eigenvalue weighted by Crippen LogP contribution is 2.16. The molecule has 1 aromatic carbocycles. The Morgan fingerprint density at radius 3 is 2.59 bits per heavy atom. The van der Waals surface area contributed by atoms with E-state index < -0.39 is 5.97 Å². The number of ether oxygens (including phenoxy) is 2. The van der Waals surface area contributed by atoms with Gasteiger partial charge in [-0.3, -0.25) is 9.78 Å². The molecular formula is C23H26N2O4. The molecule has 0 unspecified atom stereocenters. The predicted molar refractivity (Wildman–Crippen MR) is 110 cm³/mol. The van der Waals surface area contributed by atoms with E-state index in [1.165, 1.54) is 6.08 Å². The van der Waals surface area contributed by atoms with E-state index >= 15 is 0 Å². The van der Waals surface area contributed by atoms with Crippen molar-refractivity contribution in [2.75, 3.05) is 19.7 Å². The molecule has 0 aliphatic carbocycles. The number of hydrogen-bond acceptors (Lipinski definition) is 5. The third kappa shape index (κ3) is 6.75. The van der Waals surface area contributed by atoms with E-state index in [0.29, 0.717) is 12.5 Å². The molecule has 1 saturated heterocycles. The SMILES string of the molecule is CC1CCN(C(=O)COC(=O)/C=C/c2ccc(OCc3ccccn3)cc2)CC1.